The number of aromatic nitrogens is 2. The van der Waals surface area contributed by atoms with E-state index in [1.807, 2.05) is 18.3 Å². The molecule has 2 saturated heterocycles. The number of amides is 1. The summed E-state index contributed by atoms with van der Waals surface area (Å²) in [4.78, 5) is 22.8. The van der Waals surface area contributed by atoms with Crippen LogP contribution < -0.4 is 10.1 Å². The lowest BCUT2D eigenvalue weighted by Gasteiger charge is -2.39. The minimum absolute atomic E-state index is 0.0971. The average Bonchev–Trinajstić information content (AvgIpc) is 2.76. The molecule has 0 spiro atoms. The van der Waals surface area contributed by atoms with Crippen molar-refractivity contribution in [1.82, 2.24) is 14.9 Å². The van der Waals surface area contributed by atoms with Gasteiger partial charge in [0, 0.05) is 44.0 Å². The van der Waals surface area contributed by atoms with Crippen molar-refractivity contribution in [2.45, 2.75) is 44.6 Å². The minimum atomic E-state index is -0.0971. The van der Waals surface area contributed by atoms with Crippen LogP contribution in [0.5, 0.6) is 11.6 Å². The van der Waals surface area contributed by atoms with Crippen molar-refractivity contribution >= 4 is 11.6 Å². The number of hydrogen-bond acceptors (Lipinski definition) is 6. The quantitative estimate of drug-likeness (QED) is 0.832. The van der Waals surface area contributed by atoms with Crippen LogP contribution in [0.2, 0.25) is 0 Å². The Bertz CT molecular complexity index is 813. The third-order valence-corrected chi connectivity index (χ3v) is 5.68. The van der Waals surface area contributed by atoms with Crippen LogP contribution in [0.1, 0.15) is 44.2 Å². The van der Waals surface area contributed by atoms with Crippen molar-refractivity contribution < 1.29 is 14.3 Å². The second kappa shape index (κ2) is 9.33. The number of likely N-dealkylation sites (tertiary alicyclic amines) is 1. The van der Waals surface area contributed by atoms with Gasteiger partial charge in [-0.1, -0.05) is 0 Å². The molecule has 0 atom stereocenters. The fourth-order valence-corrected chi connectivity index (χ4v) is 4.15. The lowest BCUT2D eigenvalue weighted by atomic mass is 9.92. The molecular formula is C22H28N4O3. The van der Waals surface area contributed by atoms with Crippen molar-refractivity contribution in [1.29, 1.82) is 0 Å². The van der Waals surface area contributed by atoms with Gasteiger partial charge in [0.2, 0.25) is 11.8 Å². The highest BCUT2D eigenvalue weighted by molar-refractivity contribution is 5.88. The van der Waals surface area contributed by atoms with Crippen molar-refractivity contribution in [3.8, 4) is 11.6 Å². The molecule has 1 amide bonds. The summed E-state index contributed by atoms with van der Waals surface area (Å²) in [5, 5.41) is 2.74. The van der Waals surface area contributed by atoms with Crippen LogP contribution in [0.4, 0.5) is 5.69 Å². The maximum atomic E-state index is 11.1. The van der Waals surface area contributed by atoms with Crippen molar-refractivity contribution in [3.05, 3.63) is 42.4 Å². The zero-order chi connectivity index (χ0) is 20.1. The van der Waals surface area contributed by atoms with Gasteiger partial charge in [0.05, 0.1) is 11.9 Å². The van der Waals surface area contributed by atoms with Gasteiger partial charge in [0.1, 0.15) is 5.75 Å². The maximum Gasteiger partial charge on any atom is 0.238 e. The number of nitrogens with one attached hydrogen (secondary N) is 1. The summed E-state index contributed by atoms with van der Waals surface area (Å²) in [7, 11) is 0. The summed E-state index contributed by atoms with van der Waals surface area (Å²) in [6, 6.07) is 7.91. The Hall–Kier alpha value is -2.51. The fraction of sp³-hybridized carbons (Fsp3) is 0.500. The van der Waals surface area contributed by atoms with Crippen molar-refractivity contribution in [2.75, 3.05) is 31.6 Å². The Balaban J connectivity index is 1.34. The molecule has 2 fully saturated rings. The number of carbonyl (C=O) groups excluding carboxylic acids is 1. The summed E-state index contributed by atoms with van der Waals surface area (Å²) in [6.45, 7) is 5.47. The first-order chi connectivity index (χ1) is 14.2. The van der Waals surface area contributed by atoms with Gasteiger partial charge in [-0.3, -0.25) is 9.78 Å². The van der Waals surface area contributed by atoms with Crippen LogP contribution in [0.15, 0.2) is 36.7 Å². The van der Waals surface area contributed by atoms with Gasteiger partial charge < -0.3 is 19.7 Å². The van der Waals surface area contributed by atoms with E-state index in [0.717, 1.165) is 63.4 Å². The zero-order valence-corrected chi connectivity index (χ0v) is 16.8. The number of rotatable bonds is 5. The number of ether oxygens (including phenoxy) is 2. The second-order valence-electron chi connectivity index (χ2n) is 7.74. The Morgan fingerprint density at radius 3 is 2.52 bits per heavy atom. The lowest BCUT2D eigenvalue weighted by Crippen LogP contribution is -2.43. The van der Waals surface area contributed by atoms with E-state index in [4.69, 9.17) is 14.5 Å². The first-order valence-electron chi connectivity index (χ1n) is 10.4. The van der Waals surface area contributed by atoms with Crippen LogP contribution in [0.3, 0.4) is 0 Å². The molecule has 0 bridgehead atoms. The van der Waals surface area contributed by atoms with E-state index in [2.05, 4.69) is 15.2 Å². The van der Waals surface area contributed by atoms with Crippen LogP contribution in [-0.2, 0) is 9.53 Å². The van der Waals surface area contributed by atoms with Gasteiger partial charge in [-0.05, 0) is 63.0 Å². The summed E-state index contributed by atoms with van der Waals surface area (Å²) < 4.78 is 11.4. The molecule has 4 rings (SSSR count). The highest BCUT2D eigenvalue weighted by atomic mass is 16.5. The van der Waals surface area contributed by atoms with Gasteiger partial charge in [-0.15, -0.1) is 0 Å². The number of hydrogen-bond donors (Lipinski definition) is 1. The fourth-order valence-electron chi connectivity index (χ4n) is 4.15. The number of piperidine rings is 1. The van der Waals surface area contributed by atoms with E-state index in [9.17, 15) is 4.79 Å². The topological polar surface area (TPSA) is 76.6 Å². The molecule has 2 aliphatic rings. The molecule has 7 nitrogen and oxygen atoms in total. The first kappa shape index (κ1) is 19.8. The summed E-state index contributed by atoms with van der Waals surface area (Å²) >= 11 is 0. The summed E-state index contributed by atoms with van der Waals surface area (Å²) in [5.74, 6) is 1.49. The smallest absolute Gasteiger partial charge is 0.238 e. The molecule has 0 unspecified atom stereocenters. The molecule has 29 heavy (non-hydrogen) atoms. The molecule has 1 N–H and O–H groups in total. The van der Waals surface area contributed by atoms with Gasteiger partial charge in [0.15, 0.2) is 0 Å². The molecule has 7 heteroatoms. The van der Waals surface area contributed by atoms with E-state index >= 15 is 0 Å². The standard InChI is InChI=1S/C22H28N4O3/c1-16(27)24-18-2-4-20(5-3-18)29-22-15-23-14-21(25-22)17-6-10-26(11-7-17)19-8-12-28-13-9-19/h2-5,14-15,17,19H,6-13H2,1H3,(H,24,27). The minimum Gasteiger partial charge on any atom is -0.437 e. The Morgan fingerprint density at radius 1 is 1.10 bits per heavy atom. The van der Waals surface area contributed by atoms with E-state index in [0.29, 0.717) is 23.6 Å². The predicted molar refractivity (Wildman–Crippen MR) is 110 cm³/mol. The molecule has 2 aromatic rings. The first-order valence-corrected chi connectivity index (χ1v) is 10.4. The molecule has 0 radical (unpaired) electrons. The molecular weight excluding hydrogens is 368 g/mol. The molecule has 154 valence electrons. The predicted octanol–water partition coefficient (Wildman–Crippen LogP) is 3.59. The lowest BCUT2D eigenvalue weighted by molar-refractivity contribution is -0.114. The molecule has 0 saturated carbocycles. The average molecular weight is 396 g/mol. The number of nitrogens with zero attached hydrogens (tertiary/aromatic N) is 3. The highest BCUT2D eigenvalue weighted by Crippen LogP contribution is 2.30. The monoisotopic (exact) mass is 396 g/mol. The largest absolute Gasteiger partial charge is 0.437 e. The summed E-state index contributed by atoms with van der Waals surface area (Å²) in [6.07, 6.45) is 7.99. The van der Waals surface area contributed by atoms with E-state index < -0.39 is 0 Å². The van der Waals surface area contributed by atoms with Gasteiger partial charge in [-0.25, -0.2) is 4.98 Å². The molecule has 1 aromatic carbocycles. The van der Waals surface area contributed by atoms with Gasteiger partial charge in [-0.2, -0.15) is 0 Å². The Kier molecular flexibility index (Phi) is 6.36. The van der Waals surface area contributed by atoms with Crippen molar-refractivity contribution in [2.24, 2.45) is 0 Å². The maximum absolute atomic E-state index is 11.1. The number of carbonyl (C=O) groups is 1. The summed E-state index contributed by atoms with van der Waals surface area (Å²) in [5.41, 5.74) is 1.74. The molecule has 1 aromatic heterocycles. The third-order valence-electron chi connectivity index (χ3n) is 5.68. The highest BCUT2D eigenvalue weighted by Gasteiger charge is 2.28. The SMILES string of the molecule is CC(=O)Nc1ccc(Oc2cncc(C3CCN(C4CCOCC4)CC3)n2)cc1. The van der Waals surface area contributed by atoms with E-state index in [1.165, 1.54) is 6.92 Å². The van der Waals surface area contributed by atoms with E-state index in [1.54, 1.807) is 18.3 Å². The van der Waals surface area contributed by atoms with Gasteiger partial charge in [0.25, 0.3) is 0 Å². The molecule has 2 aliphatic heterocycles. The third kappa shape index (κ3) is 5.31. The second-order valence-corrected chi connectivity index (χ2v) is 7.74. The Labute approximate surface area is 171 Å². The van der Waals surface area contributed by atoms with Crippen molar-refractivity contribution in [3.63, 3.8) is 0 Å². The zero-order valence-electron chi connectivity index (χ0n) is 16.8. The molecule has 3 heterocycles. The normalized spacial score (nSPS) is 19.1. The molecule has 0 aliphatic carbocycles. The van der Waals surface area contributed by atoms with Crippen LogP contribution in [-0.4, -0.2) is 53.1 Å². The number of anilines is 1. The Morgan fingerprint density at radius 2 is 1.83 bits per heavy atom. The van der Waals surface area contributed by atoms with Gasteiger partial charge >= 0.3 is 0 Å². The van der Waals surface area contributed by atoms with Crippen LogP contribution >= 0.6 is 0 Å². The van der Waals surface area contributed by atoms with Crippen LogP contribution in [0, 0.1) is 0 Å². The van der Waals surface area contributed by atoms with E-state index in [-0.39, 0.29) is 5.91 Å². The number of benzene rings is 1. The van der Waals surface area contributed by atoms with Crippen LogP contribution in [0.25, 0.3) is 0 Å².